The second-order valence-corrected chi connectivity index (χ2v) is 6.82. The van der Waals surface area contributed by atoms with Gasteiger partial charge < -0.3 is 15.2 Å². The molecule has 0 amide bonds. The van der Waals surface area contributed by atoms with Gasteiger partial charge in [-0.15, -0.1) is 0 Å². The fourth-order valence-electron chi connectivity index (χ4n) is 3.00. The van der Waals surface area contributed by atoms with Crippen molar-refractivity contribution in [1.82, 2.24) is 15.1 Å². The predicted molar refractivity (Wildman–Crippen MR) is 103 cm³/mol. The Labute approximate surface area is 166 Å². The van der Waals surface area contributed by atoms with Crippen LogP contribution in [0.25, 0.3) is 5.69 Å². The molecule has 8 heteroatoms. The van der Waals surface area contributed by atoms with Crippen molar-refractivity contribution in [2.24, 2.45) is 0 Å². The van der Waals surface area contributed by atoms with E-state index in [0.29, 0.717) is 17.3 Å². The zero-order valence-electron chi connectivity index (χ0n) is 15.6. The van der Waals surface area contributed by atoms with Crippen LogP contribution in [-0.2, 0) is 6.54 Å². The molecule has 1 aromatic heterocycles. The average Bonchev–Trinajstić information content (AvgIpc) is 3.02. The maximum atomic E-state index is 14.1. The molecular formula is C20H20ClF2N3O2. The number of nitrogens with zero attached hydrogens (tertiary/aromatic N) is 2. The van der Waals surface area contributed by atoms with Gasteiger partial charge in [0.1, 0.15) is 11.5 Å². The van der Waals surface area contributed by atoms with Gasteiger partial charge in [-0.2, -0.15) is 5.10 Å². The minimum absolute atomic E-state index is 0.0252. The fraction of sp³-hybridized carbons (Fsp3) is 0.250. The number of hydrogen-bond acceptors (Lipinski definition) is 4. The van der Waals surface area contributed by atoms with Crippen LogP contribution in [0.1, 0.15) is 29.8 Å². The van der Waals surface area contributed by atoms with Gasteiger partial charge in [-0.1, -0.05) is 11.6 Å². The SMILES string of the molecule is COc1cc(CNC(C)c2cnn(-c3ccc(F)cc3F)c2C)c(Cl)cc1O. The largest absolute Gasteiger partial charge is 0.504 e. The average molecular weight is 408 g/mol. The number of aromatic nitrogens is 2. The van der Waals surface area contributed by atoms with Gasteiger partial charge in [0.2, 0.25) is 0 Å². The smallest absolute Gasteiger partial charge is 0.160 e. The Morgan fingerprint density at radius 2 is 2.04 bits per heavy atom. The molecule has 0 bridgehead atoms. The van der Waals surface area contributed by atoms with Gasteiger partial charge in [0.05, 0.1) is 13.3 Å². The third kappa shape index (κ3) is 3.95. The molecule has 148 valence electrons. The Bertz CT molecular complexity index is 1010. The summed E-state index contributed by atoms with van der Waals surface area (Å²) in [4.78, 5) is 0. The molecule has 5 nitrogen and oxygen atoms in total. The highest BCUT2D eigenvalue weighted by Gasteiger charge is 2.17. The summed E-state index contributed by atoms with van der Waals surface area (Å²) in [6.45, 7) is 4.19. The molecule has 1 unspecified atom stereocenters. The fourth-order valence-corrected chi connectivity index (χ4v) is 3.22. The molecule has 1 atom stereocenters. The molecule has 3 aromatic rings. The number of nitrogens with one attached hydrogen (secondary N) is 1. The van der Waals surface area contributed by atoms with E-state index in [2.05, 4.69) is 10.4 Å². The van der Waals surface area contributed by atoms with Crippen molar-refractivity contribution in [3.8, 4) is 17.2 Å². The van der Waals surface area contributed by atoms with Crippen molar-refractivity contribution in [3.63, 3.8) is 0 Å². The monoisotopic (exact) mass is 407 g/mol. The van der Waals surface area contributed by atoms with Crippen LogP contribution in [0, 0.1) is 18.6 Å². The lowest BCUT2D eigenvalue weighted by Gasteiger charge is -2.16. The van der Waals surface area contributed by atoms with Gasteiger partial charge in [0.25, 0.3) is 0 Å². The number of ether oxygens (including phenoxy) is 1. The highest BCUT2D eigenvalue weighted by atomic mass is 35.5. The van der Waals surface area contributed by atoms with Crippen LogP contribution in [0.15, 0.2) is 36.5 Å². The molecule has 2 aromatic carbocycles. The van der Waals surface area contributed by atoms with Crippen molar-refractivity contribution in [2.75, 3.05) is 7.11 Å². The lowest BCUT2D eigenvalue weighted by molar-refractivity contribution is 0.372. The Balaban J connectivity index is 1.79. The Hall–Kier alpha value is -2.64. The van der Waals surface area contributed by atoms with Crippen LogP contribution in [0.4, 0.5) is 8.78 Å². The molecule has 0 fully saturated rings. The van der Waals surface area contributed by atoms with Crippen LogP contribution >= 0.6 is 11.6 Å². The quantitative estimate of drug-likeness (QED) is 0.623. The van der Waals surface area contributed by atoms with Crippen LogP contribution < -0.4 is 10.1 Å². The molecule has 0 saturated carbocycles. The van der Waals surface area contributed by atoms with E-state index in [0.717, 1.165) is 22.9 Å². The molecule has 0 radical (unpaired) electrons. The van der Waals surface area contributed by atoms with E-state index >= 15 is 0 Å². The highest BCUT2D eigenvalue weighted by Crippen LogP contribution is 2.32. The first-order chi connectivity index (χ1) is 13.3. The van der Waals surface area contributed by atoms with Crippen LogP contribution in [0.3, 0.4) is 0 Å². The molecule has 0 aliphatic heterocycles. The number of phenolic OH excluding ortho intramolecular Hbond substituents is 1. The maximum Gasteiger partial charge on any atom is 0.160 e. The first-order valence-electron chi connectivity index (χ1n) is 8.60. The summed E-state index contributed by atoms with van der Waals surface area (Å²) in [7, 11) is 1.47. The third-order valence-electron chi connectivity index (χ3n) is 4.60. The molecule has 0 spiro atoms. The normalized spacial score (nSPS) is 12.2. The number of rotatable bonds is 6. The van der Waals surface area contributed by atoms with Crippen molar-refractivity contribution in [3.05, 3.63) is 70.0 Å². The van der Waals surface area contributed by atoms with E-state index in [9.17, 15) is 13.9 Å². The Morgan fingerprint density at radius 1 is 1.29 bits per heavy atom. The van der Waals surface area contributed by atoms with Crippen LogP contribution in [0.5, 0.6) is 11.5 Å². The molecular weight excluding hydrogens is 388 g/mol. The van der Waals surface area contributed by atoms with E-state index in [-0.39, 0.29) is 17.5 Å². The van der Waals surface area contributed by atoms with Gasteiger partial charge in [0.15, 0.2) is 17.3 Å². The lowest BCUT2D eigenvalue weighted by Crippen LogP contribution is -2.19. The molecule has 2 N–H and O–H groups in total. The van der Waals surface area contributed by atoms with Crippen LogP contribution in [0.2, 0.25) is 5.02 Å². The number of phenols is 1. The van der Waals surface area contributed by atoms with Crippen molar-refractivity contribution in [1.29, 1.82) is 0 Å². The highest BCUT2D eigenvalue weighted by molar-refractivity contribution is 6.31. The summed E-state index contributed by atoms with van der Waals surface area (Å²) in [6.07, 6.45) is 1.65. The zero-order valence-corrected chi connectivity index (χ0v) is 16.4. The number of aromatic hydroxyl groups is 1. The minimum Gasteiger partial charge on any atom is -0.504 e. The second-order valence-electron chi connectivity index (χ2n) is 6.41. The van der Waals surface area contributed by atoms with E-state index in [1.54, 1.807) is 12.3 Å². The number of halogens is 3. The summed E-state index contributed by atoms with van der Waals surface area (Å²) < 4.78 is 33.8. The summed E-state index contributed by atoms with van der Waals surface area (Å²) in [5.41, 5.74) is 2.55. The van der Waals surface area contributed by atoms with Gasteiger partial charge in [-0.05, 0) is 37.6 Å². The molecule has 0 aliphatic carbocycles. The minimum atomic E-state index is -0.679. The summed E-state index contributed by atoms with van der Waals surface area (Å²) >= 11 is 6.19. The van der Waals surface area contributed by atoms with E-state index in [1.165, 1.54) is 30.0 Å². The Morgan fingerprint density at radius 3 is 2.71 bits per heavy atom. The van der Waals surface area contributed by atoms with E-state index in [1.807, 2.05) is 13.8 Å². The second kappa shape index (κ2) is 8.16. The van der Waals surface area contributed by atoms with Crippen molar-refractivity contribution < 1.29 is 18.6 Å². The standard InChI is InChI=1S/C20H20ClF2N3O2/c1-11(24-9-13-6-20(28-3)19(27)8-16(13)21)15-10-25-26(12(15)2)18-5-4-14(22)7-17(18)23/h4-8,10-11,24,27H,9H2,1-3H3. The molecule has 3 rings (SSSR count). The van der Waals surface area contributed by atoms with Gasteiger partial charge >= 0.3 is 0 Å². The van der Waals surface area contributed by atoms with Gasteiger partial charge in [0, 0.05) is 41.0 Å². The van der Waals surface area contributed by atoms with Gasteiger partial charge in [-0.25, -0.2) is 13.5 Å². The topological polar surface area (TPSA) is 59.3 Å². The number of benzene rings is 2. The van der Waals surface area contributed by atoms with E-state index in [4.69, 9.17) is 16.3 Å². The first kappa shape index (κ1) is 20.1. The molecule has 0 saturated heterocycles. The summed E-state index contributed by atoms with van der Waals surface area (Å²) in [5.74, 6) is -1.00. The maximum absolute atomic E-state index is 14.1. The lowest BCUT2D eigenvalue weighted by atomic mass is 10.1. The van der Waals surface area contributed by atoms with Gasteiger partial charge in [-0.3, -0.25) is 0 Å². The molecule has 0 aliphatic rings. The van der Waals surface area contributed by atoms with E-state index < -0.39 is 11.6 Å². The Kier molecular flexibility index (Phi) is 5.86. The van der Waals surface area contributed by atoms with Crippen molar-refractivity contribution >= 4 is 11.6 Å². The zero-order chi connectivity index (χ0) is 20.4. The third-order valence-corrected chi connectivity index (χ3v) is 4.95. The van der Waals surface area contributed by atoms with Crippen molar-refractivity contribution in [2.45, 2.75) is 26.4 Å². The first-order valence-corrected chi connectivity index (χ1v) is 8.98. The number of hydrogen-bond donors (Lipinski definition) is 2. The predicted octanol–water partition coefficient (Wildman–Crippen LogP) is 4.68. The molecule has 28 heavy (non-hydrogen) atoms. The summed E-state index contributed by atoms with van der Waals surface area (Å²) in [5, 5.41) is 17.8. The van der Waals surface area contributed by atoms with Crippen LogP contribution in [-0.4, -0.2) is 22.0 Å². The molecule has 1 heterocycles. The number of methoxy groups -OCH3 is 1. The summed E-state index contributed by atoms with van der Waals surface area (Å²) in [6, 6.07) is 6.37.